The van der Waals surface area contributed by atoms with Crippen molar-refractivity contribution in [2.24, 2.45) is 0 Å². The molecule has 1 aromatic heterocycles. The first-order chi connectivity index (χ1) is 9.22. The monoisotopic (exact) mass is 258 g/mol. The quantitative estimate of drug-likeness (QED) is 0.856. The van der Waals surface area contributed by atoms with Crippen LogP contribution in [0.3, 0.4) is 0 Å². The van der Waals surface area contributed by atoms with Gasteiger partial charge in [0.1, 0.15) is 0 Å². The van der Waals surface area contributed by atoms with Gasteiger partial charge in [-0.1, -0.05) is 32.9 Å². The highest BCUT2D eigenvalue weighted by Gasteiger charge is 2.31. The van der Waals surface area contributed by atoms with Gasteiger partial charge in [0.2, 0.25) is 0 Å². The molecule has 0 amide bonds. The van der Waals surface area contributed by atoms with Crippen LogP contribution in [0.15, 0.2) is 24.4 Å². The van der Waals surface area contributed by atoms with Crippen molar-refractivity contribution >= 4 is 10.9 Å². The van der Waals surface area contributed by atoms with Crippen molar-refractivity contribution in [3.8, 4) is 0 Å². The molecule has 104 valence electrons. The lowest BCUT2D eigenvalue weighted by atomic mass is 9.78. The Bertz CT molecular complexity index is 539. The Hall–Kier alpha value is -1.28. The minimum atomic E-state index is 0.633. The van der Waals surface area contributed by atoms with Gasteiger partial charge < -0.3 is 9.88 Å². The third-order valence-electron chi connectivity index (χ3n) is 4.22. The van der Waals surface area contributed by atoms with E-state index in [1.54, 1.807) is 0 Å². The summed E-state index contributed by atoms with van der Waals surface area (Å²) in [6.45, 7) is 6.30. The molecule has 2 nitrogen and oxygen atoms in total. The van der Waals surface area contributed by atoms with E-state index in [2.05, 4.69) is 55.3 Å². The zero-order valence-electron chi connectivity index (χ0n) is 12.8. The fourth-order valence-electron chi connectivity index (χ4n) is 3.37. The van der Waals surface area contributed by atoms with Gasteiger partial charge in [-0.25, -0.2) is 0 Å². The number of rotatable bonds is 2. The Balaban J connectivity index is 0.000000637. The summed E-state index contributed by atoms with van der Waals surface area (Å²) in [7, 11) is 4.40. The zero-order valence-corrected chi connectivity index (χ0v) is 12.8. The van der Waals surface area contributed by atoms with Crippen molar-refractivity contribution in [3.05, 3.63) is 35.5 Å². The van der Waals surface area contributed by atoms with Gasteiger partial charge in [0, 0.05) is 29.1 Å². The van der Waals surface area contributed by atoms with E-state index in [9.17, 15) is 0 Å². The smallest absolute Gasteiger partial charge is 0.0459 e. The maximum absolute atomic E-state index is 3.41. The van der Waals surface area contributed by atoms with E-state index in [0.717, 1.165) is 0 Å². The molecule has 0 radical (unpaired) electrons. The normalized spacial score (nSPS) is 21.4. The molecule has 2 heteroatoms. The van der Waals surface area contributed by atoms with Crippen molar-refractivity contribution < 1.29 is 0 Å². The number of aromatic amines is 1. The molecule has 2 aromatic rings. The standard InChI is InChI=1S/C15H20N2.C2H6/c1-4-11-12-6-5-7-13-15(12)10(9-16-13)8-14(11)17(2)3;1-2/h5-7,9,11,14,16H,4,8H2,1-3H3;1-2H3. The Morgan fingerprint density at radius 1 is 1.26 bits per heavy atom. The molecule has 3 rings (SSSR count). The zero-order chi connectivity index (χ0) is 14.0. The van der Waals surface area contributed by atoms with Gasteiger partial charge in [0.15, 0.2) is 0 Å². The molecule has 1 aromatic carbocycles. The summed E-state index contributed by atoms with van der Waals surface area (Å²) in [4.78, 5) is 5.78. The highest BCUT2D eigenvalue weighted by molar-refractivity contribution is 5.88. The first-order valence-electron chi connectivity index (χ1n) is 7.47. The topological polar surface area (TPSA) is 19.0 Å². The Morgan fingerprint density at radius 3 is 2.63 bits per heavy atom. The van der Waals surface area contributed by atoms with Gasteiger partial charge in [0.05, 0.1) is 0 Å². The average molecular weight is 258 g/mol. The number of nitrogens with zero attached hydrogens (tertiary/aromatic N) is 1. The first kappa shape index (κ1) is 14.1. The lowest BCUT2D eigenvalue weighted by Gasteiger charge is -2.36. The molecule has 2 unspecified atom stereocenters. The highest BCUT2D eigenvalue weighted by atomic mass is 15.1. The molecule has 1 N–H and O–H groups in total. The molecule has 0 bridgehead atoms. The third-order valence-corrected chi connectivity index (χ3v) is 4.22. The first-order valence-corrected chi connectivity index (χ1v) is 7.47. The van der Waals surface area contributed by atoms with Crippen molar-refractivity contribution in [1.82, 2.24) is 9.88 Å². The lowest BCUT2D eigenvalue weighted by molar-refractivity contribution is 0.244. The predicted molar refractivity (Wildman–Crippen MR) is 83.9 cm³/mol. The van der Waals surface area contributed by atoms with Crippen molar-refractivity contribution in [3.63, 3.8) is 0 Å². The van der Waals surface area contributed by atoms with E-state index in [0.29, 0.717) is 12.0 Å². The third kappa shape index (κ3) is 2.30. The second kappa shape index (κ2) is 5.79. The summed E-state index contributed by atoms with van der Waals surface area (Å²) in [5, 5.41) is 1.48. The van der Waals surface area contributed by atoms with Crippen molar-refractivity contribution in [1.29, 1.82) is 0 Å². The number of nitrogens with one attached hydrogen (secondary N) is 1. The molecule has 1 aliphatic carbocycles. The second-order valence-electron chi connectivity index (χ2n) is 5.33. The molecule has 0 aliphatic heterocycles. The molecule has 2 atom stereocenters. The molecule has 19 heavy (non-hydrogen) atoms. The van der Waals surface area contributed by atoms with E-state index in [1.807, 2.05) is 13.8 Å². The molecule has 1 aliphatic rings. The summed E-state index contributed by atoms with van der Waals surface area (Å²) in [5.74, 6) is 0.664. The van der Waals surface area contributed by atoms with Crippen molar-refractivity contribution in [2.45, 2.75) is 45.6 Å². The SMILES string of the molecule is CC.CCC1c2cccc3[nH]cc(c23)CC1N(C)C. The van der Waals surface area contributed by atoms with Crippen LogP contribution in [0.25, 0.3) is 10.9 Å². The van der Waals surface area contributed by atoms with E-state index >= 15 is 0 Å². The summed E-state index contributed by atoms with van der Waals surface area (Å²) in [6.07, 6.45) is 4.58. The lowest BCUT2D eigenvalue weighted by Crippen LogP contribution is -2.37. The van der Waals surface area contributed by atoms with Crippen LogP contribution in [0.4, 0.5) is 0 Å². The molecule has 0 fully saturated rings. The van der Waals surface area contributed by atoms with Crippen LogP contribution in [-0.4, -0.2) is 30.0 Å². The van der Waals surface area contributed by atoms with Crippen LogP contribution >= 0.6 is 0 Å². The van der Waals surface area contributed by atoms with Crippen LogP contribution in [0.2, 0.25) is 0 Å². The number of hydrogen-bond donors (Lipinski definition) is 1. The van der Waals surface area contributed by atoms with E-state index in [-0.39, 0.29) is 0 Å². The number of hydrogen-bond acceptors (Lipinski definition) is 1. The summed E-state index contributed by atoms with van der Waals surface area (Å²) < 4.78 is 0. The van der Waals surface area contributed by atoms with Crippen LogP contribution in [0.1, 0.15) is 44.2 Å². The molecule has 0 saturated carbocycles. The van der Waals surface area contributed by atoms with Crippen LogP contribution in [-0.2, 0) is 6.42 Å². The summed E-state index contributed by atoms with van der Waals surface area (Å²) >= 11 is 0. The Kier molecular flexibility index (Phi) is 4.31. The van der Waals surface area contributed by atoms with Crippen LogP contribution in [0.5, 0.6) is 0 Å². The predicted octanol–water partition coefficient (Wildman–Crippen LogP) is 4.17. The van der Waals surface area contributed by atoms with Crippen LogP contribution < -0.4 is 0 Å². The van der Waals surface area contributed by atoms with E-state index in [4.69, 9.17) is 0 Å². The van der Waals surface area contributed by atoms with Gasteiger partial charge in [0.25, 0.3) is 0 Å². The second-order valence-corrected chi connectivity index (χ2v) is 5.33. The number of likely N-dealkylation sites (N-methyl/N-ethyl adjacent to an activating group) is 1. The minimum Gasteiger partial charge on any atom is -0.361 e. The number of benzene rings is 1. The van der Waals surface area contributed by atoms with Gasteiger partial charge in [-0.2, -0.15) is 0 Å². The molecule has 0 saturated heterocycles. The molecular formula is C17H26N2. The maximum atomic E-state index is 3.41. The average Bonchev–Trinajstić information content (AvgIpc) is 2.86. The molecule has 0 spiro atoms. The Labute approximate surface area is 116 Å². The van der Waals surface area contributed by atoms with Crippen LogP contribution in [0, 0.1) is 0 Å². The largest absolute Gasteiger partial charge is 0.361 e. The van der Waals surface area contributed by atoms with Gasteiger partial charge in [-0.15, -0.1) is 0 Å². The summed E-state index contributed by atoms with van der Waals surface area (Å²) in [5.41, 5.74) is 4.32. The van der Waals surface area contributed by atoms with Gasteiger partial charge >= 0.3 is 0 Å². The highest BCUT2D eigenvalue weighted by Crippen LogP contribution is 2.39. The Morgan fingerprint density at radius 2 is 2.00 bits per heavy atom. The summed E-state index contributed by atoms with van der Waals surface area (Å²) in [6, 6.07) is 7.31. The van der Waals surface area contributed by atoms with Crippen molar-refractivity contribution in [2.75, 3.05) is 14.1 Å². The maximum Gasteiger partial charge on any atom is 0.0459 e. The van der Waals surface area contributed by atoms with Gasteiger partial charge in [-0.3, -0.25) is 0 Å². The minimum absolute atomic E-state index is 0.633. The number of aromatic nitrogens is 1. The van der Waals surface area contributed by atoms with E-state index in [1.165, 1.54) is 34.9 Å². The van der Waals surface area contributed by atoms with Gasteiger partial charge in [-0.05, 0) is 44.1 Å². The number of H-pyrrole nitrogens is 1. The molecule has 1 heterocycles. The fraction of sp³-hybridized carbons (Fsp3) is 0.529. The van der Waals surface area contributed by atoms with E-state index < -0.39 is 0 Å². The molecular weight excluding hydrogens is 232 g/mol. The fourth-order valence-corrected chi connectivity index (χ4v) is 3.37.